The summed E-state index contributed by atoms with van der Waals surface area (Å²) in [5.41, 5.74) is 3.36. The minimum atomic E-state index is -0.299. The SMILES string of the molecule is CC(C)c1c(C(=O)N2CCN(Cc3ccc4c(c3)OCO4)CC2)cnn1-c1ccc(F)cc1. The van der Waals surface area contributed by atoms with Gasteiger partial charge in [-0.05, 0) is 47.9 Å². The van der Waals surface area contributed by atoms with Gasteiger partial charge < -0.3 is 14.4 Å². The predicted octanol–water partition coefficient (Wildman–Crippen LogP) is 3.82. The number of nitrogens with zero attached hydrogens (tertiary/aromatic N) is 4. The second-order valence-electron chi connectivity index (χ2n) is 8.74. The molecule has 1 saturated heterocycles. The topological polar surface area (TPSA) is 59.8 Å². The van der Waals surface area contributed by atoms with E-state index >= 15 is 0 Å². The highest BCUT2D eigenvalue weighted by molar-refractivity contribution is 5.95. The molecule has 1 aromatic heterocycles. The number of rotatable bonds is 5. The first-order valence-corrected chi connectivity index (χ1v) is 11.2. The van der Waals surface area contributed by atoms with Gasteiger partial charge in [-0.1, -0.05) is 19.9 Å². The predicted molar refractivity (Wildman–Crippen MR) is 121 cm³/mol. The average Bonchev–Trinajstić information content (AvgIpc) is 3.47. The first kappa shape index (κ1) is 21.5. The molecule has 2 aliphatic heterocycles. The molecule has 3 heterocycles. The second kappa shape index (κ2) is 8.86. The molecule has 1 fully saturated rings. The Hall–Kier alpha value is -3.39. The molecule has 0 spiro atoms. The number of ether oxygens (including phenoxy) is 2. The molecule has 0 radical (unpaired) electrons. The Kier molecular flexibility index (Phi) is 5.76. The molecule has 2 aromatic carbocycles. The summed E-state index contributed by atoms with van der Waals surface area (Å²) in [6.07, 6.45) is 1.64. The van der Waals surface area contributed by atoms with E-state index in [9.17, 15) is 9.18 Å². The van der Waals surface area contributed by atoms with Crippen molar-refractivity contribution in [2.75, 3.05) is 33.0 Å². The molecule has 33 heavy (non-hydrogen) atoms. The van der Waals surface area contributed by atoms with Crippen molar-refractivity contribution in [2.45, 2.75) is 26.3 Å². The third-order valence-corrected chi connectivity index (χ3v) is 6.16. The van der Waals surface area contributed by atoms with E-state index in [1.807, 2.05) is 30.9 Å². The molecule has 0 atom stereocenters. The van der Waals surface area contributed by atoms with Crippen molar-refractivity contribution in [1.29, 1.82) is 0 Å². The summed E-state index contributed by atoms with van der Waals surface area (Å²) in [6, 6.07) is 12.2. The third kappa shape index (κ3) is 4.30. The summed E-state index contributed by atoms with van der Waals surface area (Å²) in [4.78, 5) is 17.6. The lowest BCUT2D eigenvalue weighted by Gasteiger charge is -2.35. The maximum absolute atomic E-state index is 13.4. The van der Waals surface area contributed by atoms with Gasteiger partial charge in [0.25, 0.3) is 5.91 Å². The number of carbonyl (C=O) groups is 1. The molecule has 8 heteroatoms. The van der Waals surface area contributed by atoms with Crippen LogP contribution in [0, 0.1) is 5.82 Å². The lowest BCUT2D eigenvalue weighted by Crippen LogP contribution is -2.48. The number of piperazine rings is 1. The Morgan fingerprint density at radius 3 is 2.48 bits per heavy atom. The van der Waals surface area contributed by atoms with Gasteiger partial charge in [0.05, 0.1) is 23.1 Å². The molecule has 7 nitrogen and oxygen atoms in total. The maximum Gasteiger partial charge on any atom is 0.257 e. The van der Waals surface area contributed by atoms with Gasteiger partial charge in [0.1, 0.15) is 5.82 Å². The van der Waals surface area contributed by atoms with Crippen molar-refractivity contribution in [3.63, 3.8) is 0 Å². The Morgan fingerprint density at radius 2 is 1.76 bits per heavy atom. The summed E-state index contributed by atoms with van der Waals surface area (Å²) in [5, 5.41) is 4.47. The molecule has 0 aliphatic carbocycles. The van der Waals surface area contributed by atoms with Crippen molar-refractivity contribution in [1.82, 2.24) is 19.6 Å². The second-order valence-corrected chi connectivity index (χ2v) is 8.74. The van der Waals surface area contributed by atoms with Crippen LogP contribution in [0.15, 0.2) is 48.7 Å². The molecule has 0 N–H and O–H groups in total. The number of halogens is 1. The van der Waals surface area contributed by atoms with Crippen LogP contribution in [-0.2, 0) is 6.54 Å². The van der Waals surface area contributed by atoms with Crippen LogP contribution >= 0.6 is 0 Å². The van der Waals surface area contributed by atoms with Crippen molar-refractivity contribution in [3.8, 4) is 17.2 Å². The molecule has 0 bridgehead atoms. The third-order valence-electron chi connectivity index (χ3n) is 6.16. The van der Waals surface area contributed by atoms with Crippen LogP contribution in [0.2, 0.25) is 0 Å². The fourth-order valence-corrected chi connectivity index (χ4v) is 4.44. The van der Waals surface area contributed by atoms with Crippen LogP contribution in [0.25, 0.3) is 5.69 Å². The molecule has 0 unspecified atom stereocenters. The van der Waals surface area contributed by atoms with Gasteiger partial charge in [-0.25, -0.2) is 9.07 Å². The smallest absolute Gasteiger partial charge is 0.257 e. The van der Waals surface area contributed by atoms with E-state index in [2.05, 4.69) is 16.1 Å². The van der Waals surface area contributed by atoms with Crippen LogP contribution in [0.1, 0.15) is 41.4 Å². The zero-order valence-corrected chi connectivity index (χ0v) is 18.8. The van der Waals surface area contributed by atoms with Gasteiger partial charge >= 0.3 is 0 Å². The fourth-order valence-electron chi connectivity index (χ4n) is 4.44. The van der Waals surface area contributed by atoms with Crippen molar-refractivity contribution >= 4 is 5.91 Å². The summed E-state index contributed by atoms with van der Waals surface area (Å²) < 4.78 is 26.0. The Bertz CT molecular complexity index is 1150. The van der Waals surface area contributed by atoms with E-state index in [1.165, 1.54) is 17.7 Å². The van der Waals surface area contributed by atoms with Crippen LogP contribution in [-0.4, -0.2) is 58.5 Å². The number of hydrogen-bond donors (Lipinski definition) is 0. The van der Waals surface area contributed by atoms with E-state index < -0.39 is 0 Å². The first-order valence-electron chi connectivity index (χ1n) is 11.2. The molecule has 3 aromatic rings. The summed E-state index contributed by atoms with van der Waals surface area (Å²) in [7, 11) is 0. The van der Waals surface area contributed by atoms with Crippen LogP contribution < -0.4 is 9.47 Å². The van der Waals surface area contributed by atoms with Crippen LogP contribution in [0.3, 0.4) is 0 Å². The molecule has 0 saturated carbocycles. The van der Waals surface area contributed by atoms with Gasteiger partial charge in [-0.15, -0.1) is 0 Å². The van der Waals surface area contributed by atoms with Gasteiger partial charge in [-0.2, -0.15) is 5.10 Å². The Morgan fingerprint density at radius 1 is 1.03 bits per heavy atom. The summed E-state index contributed by atoms with van der Waals surface area (Å²) in [6.45, 7) is 8.06. The maximum atomic E-state index is 13.4. The van der Waals surface area contributed by atoms with Gasteiger partial charge in [0.2, 0.25) is 6.79 Å². The van der Waals surface area contributed by atoms with E-state index in [0.29, 0.717) is 18.7 Å². The van der Waals surface area contributed by atoms with Gasteiger partial charge in [0.15, 0.2) is 11.5 Å². The molecular formula is C25H27FN4O3. The fraction of sp³-hybridized carbons (Fsp3) is 0.360. The number of amides is 1. The number of aromatic nitrogens is 2. The highest BCUT2D eigenvalue weighted by Crippen LogP contribution is 2.33. The van der Waals surface area contributed by atoms with E-state index in [1.54, 1.807) is 23.0 Å². The normalized spacial score (nSPS) is 15.9. The standard InChI is InChI=1S/C25H27FN4O3/c1-17(2)24-21(14-27-30(24)20-6-4-19(26)5-7-20)25(31)29-11-9-28(10-12-29)15-18-3-8-22-23(13-18)33-16-32-22/h3-8,13-14,17H,9-12,15-16H2,1-2H3. The summed E-state index contributed by atoms with van der Waals surface area (Å²) >= 11 is 0. The lowest BCUT2D eigenvalue weighted by atomic mass is 10.0. The minimum Gasteiger partial charge on any atom is -0.454 e. The van der Waals surface area contributed by atoms with Gasteiger partial charge in [-0.3, -0.25) is 9.69 Å². The van der Waals surface area contributed by atoms with Crippen LogP contribution in [0.5, 0.6) is 11.5 Å². The minimum absolute atomic E-state index is 0.00482. The van der Waals surface area contributed by atoms with E-state index in [-0.39, 0.29) is 24.4 Å². The Balaban J connectivity index is 1.26. The molecule has 1 amide bonds. The van der Waals surface area contributed by atoms with Crippen molar-refractivity contribution in [3.05, 3.63) is 71.3 Å². The molecule has 2 aliphatic rings. The monoisotopic (exact) mass is 450 g/mol. The number of benzene rings is 2. The average molecular weight is 451 g/mol. The largest absolute Gasteiger partial charge is 0.454 e. The quantitative estimate of drug-likeness (QED) is 0.592. The number of fused-ring (bicyclic) bond motifs is 1. The van der Waals surface area contributed by atoms with Gasteiger partial charge in [0, 0.05) is 32.7 Å². The molecule has 5 rings (SSSR count). The van der Waals surface area contributed by atoms with Crippen molar-refractivity contribution in [2.24, 2.45) is 0 Å². The highest BCUT2D eigenvalue weighted by atomic mass is 19.1. The summed E-state index contributed by atoms with van der Waals surface area (Å²) in [5.74, 6) is 1.36. The first-order chi connectivity index (χ1) is 16.0. The molecule has 172 valence electrons. The zero-order valence-electron chi connectivity index (χ0n) is 18.8. The van der Waals surface area contributed by atoms with E-state index in [0.717, 1.165) is 42.5 Å². The van der Waals surface area contributed by atoms with Crippen LogP contribution in [0.4, 0.5) is 4.39 Å². The number of carbonyl (C=O) groups excluding carboxylic acids is 1. The van der Waals surface area contributed by atoms with Crippen molar-refractivity contribution < 1.29 is 18.7 Å². The Labute approximate surface area is 192 Å². The zero-order chi connectivity index (χ0) is 22.9. The highest BCUT2D eigenvalue weighted by Gasteiger charge is 2.28. The molecular weight excluding hydrogens is 423 g/mol. The van der Waals surface area contributed by atoms with E-state index in [4.69, 9.17) is 9.47 Å². The number of hydrogen-bond acceptors (Lipinski definition) is 5. The lowest BCUT2D eigenvalue weighted by molar-refractivity contribution is 0.0627.